The highest BCUT2D eigenvalue weighted by Gasteiger charge is 2.34. The standard InChI is InChI=1S/C20H27F3N2O3/c1-14(13-28-17-10-6-5-9-16(17)20(21,22)23)25-18(26)11-12-24-19(27)15-7-3-2-4-8-15/h5-6,9-10,14-15H,2-4,7-8,11-13H2,1H3,(H,24,27)(H,25,26). The van der Waals surface area contributed by atoms with Crippen molar-refractivity contribution in [2.45, 2.75) is 57.7 Å². The molecule has 0 aromatic heterocycles. The Kier molecular flexibility index (Phi) is 8.14. The molecule has 1 fully saturated rings. The first-order valence-electron chi connectivity index (χ1n) is 9.63. The van der Waals surface area contributed by atoms with Crippen LogP contribution in [0.3, 0.4) is 0 Å². The molecule has 0 radical (unpaired) electrons. The molecule has 1 aromatic carbocycles. The van der Waals surface area contributed by atoms with E-state index in [0.717, 1.165) is 31.7 Å². The van der Waals surface area contributed by atoms with E-state index < -0.39 is 17.8 Å². The highest BCUT2D eigenvalue weighted by Crippen LogP contribution is 2.35. The number of carbonyl (C=O) groups is 2. The van der Waals surface area contributed by atoms with E-state index in [0.29, 0.717) is 0 Å². The minimum absolute atomic E-state index is 0.00682. The first-order chi connectivity index (χ1) is 13.3. The number of ether oxygens (including phenoxy) is 1. The van der Waals surface area contributed by atoms with E-state index in [9.17, 15) is 22.8 Å². The maximum absolute atomic E-state index is 12.9. The van der Waals surface area contributed by atoms with Crippen molar-refractivity contribution < 1.29 is 27.5 Å². The third-order valence-electron chi connectivity index (χ3n) is 4.72. The predicted octanol–water partition coefficient (Wildman–Crippen LogP) is 3.68. The number of nitrogens with one attached hydrogen (secondary N) is 2. The smallest absolute Gasteiger partial charge is 0.419 e. The average molecular weight is 400 g/mol. The normalized spacial score (nSPS) is 16.3. The number of hydrogen-bond acceptors (Lipinski definition) is 3. The molecule has 156 valence electrons. The molecule has 0 aliphatic heterocycles. The molecule has 0 saturated heterocycles. The van der Waals surface area contributed by atoms with Crippen LogP contribution in [0.5, 0.6) is 5.75 Å². The van der Waals surface area contributed by atoms with E-state index in [1.165, 1.54) is 24.6 Å². The Bertz CT molecular complexity index is 658. The molecule has 0 spiro atoms. The molecule has 1 unspecified atom stereocenters. The van der Waals surface area contributed by atoms with Gasteiger partial charge in [-0.05, 0) is 31.9 Å². The van der Waals surface area contributed by atoms with Crippen molar-refractivity contribution >= 4 is 11.8 Å². The van der Waals surface area contributed by atoms with Gasteiger partial charge in [0.15, 0.2) is 0 Å². The van der Waals surface area contributed by atoms with Gasteiger partial charge in [0, 0.05) is 18.9 Å². The van der Waals surface area contributed by atoms with Crippen LogP contribution in [0.15, 0.2) is 24.3 Å². The first kappa shape index (κ1) is 22.0. The monoisotopic (exact) mass is 400 g/mol. The third-order valence-corrected chi connectivity index (χ3v) is 4.72. The van der Waals surface area contributed by atoms with Crippen LogP contribution >= 0.6 is 0 Å². The largest absolute Gasteiger partial charge is 0.491 e. The van der Waals surface area contributed by atoms with Gasteiger partial charge in [-0.3, -0.25) is 9.59 Å². The van der Waals surface area contributed by atoms with Crippen LogP contribution in [0, 0.1) is 5.92 Å². The summed E-state index contributed by atoms with van der Waals surface area (Å²) in [6.07, 6.45) is 0.694. The number of carbonyl (C=O) groups excluding carboxylic acids is 2. The lowest BCUT2D eigenvalue weighted by molar-refractivity contribution is -0.139. The van der Waals surface area contributed by atoms with E-state index in [-0.39, 0.29) is 43.1 Å². The Morgan fingerprint density at radius 3 is 2.54 bits per heavy atom. The Balaban J connectivity index is 1.69. The number of alkyl halides is 3. The zero-order chi connectivity index (χ0) is 20.6. The third kappa shape index (κ3) is 7.05. The zero-order valence-corrected chi connectivity index (χ0v) is 16.0. The Morgan fingerprint density at radius 2 is 1.86 bits per heavy atom. The van der Waals surface area contributed by atoms with Crippen LogP contribution in [-0.4, -0.2) is 31.0 Å². The maximum Gasteiger partial charge on any atom is 0.419 e. The Morgan fingerprint density at radius 1 is 1.18 bits per heavy atom. The van der Waals surface area contributed by atoms with Gasteiger partial charge < -0.3 is 15.4 Å². The van der Waals surface area contributed by atoms with Gasteiger partial charge in [-0.25, -0.2) is 0 Å². The molecule has 2 amide bonds. The van der Waals surface area contributed by atoms with Crippen LogP contribution in [0.25, 0.3) is 0 Å². The van der Waals surface area contributed by atoms with E-state index in [1.807, 2.05) is 0 Å². The predicted molar refractivity (Wildman–Crippen MR) is 98.7 cm³/mol. The summed E-state index contributed by atoms with van der Waals surface area (Å²) in [5.74, 6) is -0.523. The molecular weight excluding hydrogens is 373 g/mol. The van der Waals surface area contributed by atoms with E-state index >= 15 is 0 Å². The molecule has 1 saturated carbocycles. The van der Waals surface area contributed by atoms with Gasteiger partial charge in [-0.15, -0.1) is 0 Å². The van der Waals surface area contributed by atoms with Crippen LogP contribution in [-0.2, 0) is 15.8 Å². The Hall–Kier alpha value is -2.25. The van der Waals surface area contributed by atoms with Crippen molar-refractivity contribution in [3.63, 3.8) is 0 Å². The van der Waals surface area contributed by atoms with Crippen LogP contribution in [0.1, 0.15) is 51.0 Å². The van der Waals surface area contributed by atoms with E-state index in [4.69, 9.17) is 4.74 Å². The minimum atomic E-state index is -4.50. The van der Waals surface area contributed by atoms with Gasteiger partial charge in [-0.1, -0.05) is 31.4 Å². The first-order valence-corrected chi connectivity index (χ1v) is 9.63. The summed E-state index contributed by atoms with van der Waals surface area (Å²) in [7, 11) is 0. The molecule has 1 aromatic rings. The molecule has 8 heteroatoms. The van der Waals surface area contributed by atoms with E-state index in [1.54, 1.807) is 6.92 Å². The number of rotatable bonds is 8. The number of amides is 2. The number of para-hydroxylation sites is 1. The summed E-state index contributed by atoms with van der Waals surface area (Å²) in [6.45, 7) is 1.80. The summed E-state index contributed by atoms with van der Waals surface area (Å²) in [4.78, 5) is 24.0. The second kappa shape index (κ2) is 10.3. The molecule has 1 atom stereocenters. The molecular formula is C20H27F3N2O3. The number of benzene rings is 1. The second-order valence-corrected chi connectivity index (χ2v) is 7.15. The molecule has 5 nitrogen and oxygen atoms in total. The second-order valence-electron chi connectivity index (χ2n) is 7.15. The van der Waals surface area contributed by atoms with Crippen molar-refractivity contribution in [1.29, 1.82) is 0 Å². The lowest BCUT2D eigenvalue weighted by Gasteiger charge is -2.21. The van der Waals surface area contributed by atoms with Crippen molar-refractivity contribution in [3.8, 4) is 5.75 Å². The SMILES string of the molecule is CC(COc1ccccc1C(F)(F)F)NC(=O)CCNC(=O)C1CCCCC1. The lowest BCUT2D eigenvalue weighted by atomic mass is 9.89. The highest BCUT2D eigenvalue weighted by molar-refractivity contribution is 5.80. The van der Waals surface area contributed by atoms with Crippen LogP contribution < -0.4 is 15.4 Å². The fourth-order valence-corrected chi connectivity index (χ4v) is 3.24. The Labute approximate surface area is 163 Å². The van der Waals surface area contributed by atoms with Crippen LogP contribution in [0.4, 0.5) is 13.2 Å². The number of halogens is 3. The highest BCUT2D eigenvalue weighted by atomic mass is 19.4. The summed E-state index contributed by atoms with van der Waals surface area (Å²) in [5, 5.41) is 5.45. The molecule has 0 bridgehead atoms. The van der Waals surface area contributed by atoms with Gasteiger partial charge in [-0.2, -0.15) is 13.2 Å². The number of hydrogen-bond donors (Lipinski definition) is 2. The van der Waals surface area contributed by atoms with Gasteiger partial charge in [0.25, 0.3) is 0 Å². The van der Waals surface area contributed by atoms with Crippen molar-refractivity contribution in [1.82, 2.24) is 10.6 Å². The summed E-state index contributed by atoms with van der Waals surface area (Å²) in [5.41, 5.74) is -0.848. The summed E-state index contributed by atoms with van der Waals surface area (Å²) in [6, 6.07) is 4.49. The average Bonchev–Trinajstić information content (AvgIpc) is 2.66. The van der Waals surface area contributed by atoms with Gasteiger partial charge >= 0.3 is 6.18 Å². The van der Waals surface area contributed by atoms with Crippen LogP contribution in [0.2, 0.25) is 0 Å². The molecule has 2 rings (SSSR count). The van der Waals surface area contributed by atoms with Gasteiger partial charge in [0.1, 0.15) is 12.4 Å². The fourth-order valence-electron chi connectivity index (χ4n) is 3.24. The van der Waals surface area contributed by atoms with Gasteiger partial charge in [0.05, 0.1) is 11.6 Å². The maximum atomic E-state index is 12.9. The zero-order valence-electron chi connectivity index (χ0n) is 16.0. The molecule has 0 heterocycles. The topological polar surface area (TPSA) is 67.4 Å². The fraction of sp³-hybridized carbons (Fsp3) is 0.600. The molecule has 2 N–H and O–H groups in total. The molecule has 28 heavy (non-hydrogen) atoms. The van der Waals surface area contributed by atoms with Crippen molar-refractivity contribution in [2.75, 3.05) is 13.2 Å². The summed E-state index contributed by atoms with van der Waals surface area (Å²) >= 11 is 0. The molecule has 1 aliphatic carbocycles. The summed E-state index contributed by atoms with van der Waals surface area (Å²) < 4.78 is 44.1. The molecule has 1 aliphatic rings. The minimum Gasteiger partial charge on any atom is -0.491 e. The van der Waals surface area contributed by atoms with E-state index in [2.05, 4.69) is 10.6 Å². The van der Waals surface area contributed by atoms with Crippen molar-refractivity contribution in [3.05, 3.63) is 29.8 Å². The quantitative estimate of drug-likeness (QED) is 0.700. The lowest BCUT2D eigenvalue weighted by Crippen LogP contribution is -2.39. The van der Waals surface area contributed by atoms with Crippen molar-refractivity contribution in [2.24, 2.45) is 5.92 Å². The van der Waals surface area contributed by atoms with Gasteiger partial charge in [0.2, 0.25) is 11.8 Å².